The largest absolute Gasteiger partial charge is 0.384 e. The number of amides is 1. The third kappa shape index (κ3) is 3.51. The van der Waals surface area contributed by atoms with E-state index in [4.69, 9.17) is 0 Å². The van der Waals surface area contributed by atoms with Crippen molar-refractivity contribution in [1.82, 2.24) is 20.0 Å². The van der Waals surface area contributed by atoms with Gasteiger partial charge < -0.3 is 14.7 Å². The van der Waals surface area contributed by atoms with Crippen LogP contribution in [-0.2, 0) is 6.42 Å². The van der Waals surface area contributed by atoms with Crippen LogP contribution in [0.15, 0.2) is 29.2 Å². The van der Waals surface area contributed by atoms with Crippen molar-refractivity contribution in [1.29, 1.82) is 0 Å². The normalized spacial score (nSPS) is 10.2. The lowest BCUT2D eigenvalue weighted by molar-refractivity contribution is 0.0822. The van der Waals surface area contributed by atoms with Gasteiger partial charge in [0.05, 0.1) is 0 Å². The fourth-order valence-electron chi connectivity index (χ4n) is 1.51. The van der Waals surface area contributed by atoms with E-state index >= 15 is 0 Å². The molecule has 7 heteroatoms. The average molecular weight is 261 g/mol. The van der Waals surface area contributed by atoms with Gasteiger partial charge in [-0.15, -0.1) is 0 Å². The molecule has 0 aliphatic rings. The van der Waals surface area contributed by atoms with E-state index in [2.05, 4.69) is 25.0 Å². The first-order valence-corrected chi connectivity index (χ1v) is 5.83. The van der Waals surface area contributed by atoms with Gasteiger partial charge in [-0.05, 0) is 12.1 Å². The van der Waals surface area contributed by atoms with Crippen LogP contribution in [0.3, 0.4) is 0 Å². The van der Waals surface area contributed by atoms with Crippen LogP contribution < -0.4 is 5.32 Å². The van der Waals surface area contributed by atoms with Crippen molar-refractivity contribution in [3.05, 3.63) is 36.2 Å². The van der Waals surface area contributed by atoms with E-state index in [1.807, 2.05) is 6.07 Å². The maximum atomic E-state index is 11.8. The first kappa shape index (κ1) is 13.0. The number of anilines is 1. The van der Waals surface area contributed by atoms with E-state index in [0.717, 1.165) is 5.69 Å². The standard InChI is InChI=1S/C12H15N5O2/c1-17(2)12(18)10-7-9(3-5-14-10)13-6-4-11-15-8-19-16-11/h3,5,7-8H,4,6H2,1-2H3,(H,13,14). The fourth-order valence-corrected chi connectivity index (χ4v) is 1.51. The molecule has 0 unspecified atom stereocenters. The van der Waals surface area contributed by atoms with E-state index in [-0.39, 0.29) is 5.91 Å². The summed E-state index contributed by atoms with van der Waals surface area (Å²) in [6.45, 7) is 0.652. The Kier molecular flexibility index (Phi) is 4.07. The molecule has 1 N–H and O–H groups in total. The summed E-state index contributed by atoms with van der Waals surface area (Å²) in [5.74, 6) is 0.521. The van der Waals surface area contributed by atoms with E-state index in [1.54, 1.807) is 26.4 Å². The highest BCUT2D eigenvalue weighted by Gasteiger charge is 2.09. The number of hydrogen-bond acceptors (Lipinski definition) is 6. The minimum atomic E-state index is -0.123. The van der Waals surface area contributed by atoms with E-state index in [0.29, 0.717) is 24.5 Å². The second-order valence-electron chi connectivity index (χ2n) is 4.15. The molecular formula is C12H15N5O2. The molecule has 2 rings (SSSR count). The van der Waals surface area contributed by atoms with Crippen molar-refractivity contribution >= 4 is 11.6 Å². The molecule has 2 aromatic heterocycles. The Bertz CT molecular complexity index is 539. The zero-order valence-corrected chi connectivity index (χ0v) is 10.8. The van der Waals surface area contributed by atoms with Crippen molar-refractivity contribution in [3.8, 4) is 0 Å². The van der Waals surface area contributed by atoms with Crippen LogP contribution in [0.25, 0.3) is 0 Å². The van der Waals surface area contributed by atoms with Gasteiger partial charge in [0.25, 0.3) is 5.91 Å². The minimum Gasteiger partial charge on any atom is -0.384 e. The number of carbonyl (C=O) groups is 1. The highest BCUT2D eigenvalue weighted by molar-refractivity contribution is 5.92. The van der Waals surface area contributed by atoms with Crippen LogP contribution in [0, 0.1) is 0 Å². The molecule has 0 aliphatic carbocycles. The molecule has 7 nitrogen and oxygen atoms in total. The van der Waals surface area contributed by atoms with Gasteiger partial charge in [-0.1, -0.05) is 5.16 Å². The first-order valence-electron chi connectivity index (χ1n) is 5.83. The number of hydrogen-bond donors (Lipinski definition) is 1. The topological polar surface area (TPSA) is 84.2 Å². The van der Waals surface area contributed by atoms with Crippen molar-refractivity contribution in [2.45, 2.75) is 6.42 Å². The predicted molar refractivity (Wildman–Crippen MR) is 68.7 cm³/mol. The third-order valence-corrected chi connectivity index (χ3v) is 2.47. The van der Waals surface area contributed by atoms with E-state index < -0.39 is 0 Å². The average Bonchev–Trinajstić information content (AvgIpc) is 2.91. The zero-order chi connectivity index (χ0) is 13.7. The maximum absolute atomic E-state index is 11.8. The molecule has 0 atom stereocenters. The van der Waals surface area contributed by atoms with Gasteiger partial charge in [0.15, 0.2) is 5.82 Å². The van der Waals surface area contributed by atoms with Crippen LogP contribution in [0.1, 0.15) is 16.3 Å². The molecular weight excluding hydrogens is 246 g/mol. The third-order valence-electron chi connectivity index (χ3n) is 2.47. The molecule has 100 valence electrons. The quantitative estimate of drug-likeness (QED) is 0.857. The molecule has 0 radical (unpaired) electrons. The second-order valence-corrected chi connectivity index (χ2v) is 4.15. The summed E-state index contributed by atoms with van der Waals surface area (Å²) in [5, 5.41) is 6.90. The van der Waals surface area contributed by atoms with E-state index in [1.165, 1.54) is 11.3 Å². The highest BCUT2D eigenvalue weighted by atomic mass is 16.5. The Morgan fingerprint density at radius 2 is 2.26 bits per heavy atom. The van der Waals surface area contributed by atoms with Crippen LogP contribution in [0.2, 0.25) is 0 Å². The Hall–Kier alpha value is -2.44. The maximum Gasteiger partial charge on any atom is 0.272 e. The summed E-state index contributed by atoms with van der Waals surface area (Å²) in [6, 6.07) is 3.53. The molecule has 0 aromatic carbocycles. The first-order chi connectivity index (χ1) is 9.16. The molecule has 0 spiro atoms. The summed E-state index contributed by atoms with van der Waals surface area (Å²) < 4.78 is 4.65. The molecule has 0 bridgehead atoms. The second kappa shape index (κ2) is 5.94. The fraction of sp³-hybridized carbons (Fsp3) is 0.333. The Balaban J connectivity index is 1.93. The van der Waals surface area contributed by atoms with Crippen LogP contribution in [0.4, 0.5) is 5.69 Å². The summed E-state index contributed by atoms with van der Waals surface area (Å²) in [5.41, 5.74) is 1.25. The lowest BCUT2D eigenvalue weighted by atomic mass is 10.3. The Labute approximate surface area is 110 Å². The van der Waals surface area contributed by atoms with Gasteiger partial charge in [-0.25, -0.2) is 0 Å². The minimum absolute atomic E-state index is 0.123. The molecule has 19 heavy (non-hydrogen) atoms. The molecule has 0 saturated carbocycles. The number of carbonyl (C=O) groups excluding carboxylic acids is 1. The SMILES string of the molecule is CN(C)C(=O)c1cc(NCCc2ncon2)ccn1. The van der Waals surface area contributed by atoms with Crippen LogP contribution >= 0.6 is 0 Å². The summed E-state index contributed by atoms with van der Waals surface area (Å²) >= 11 is 0. The zero-order valence-electron chi connectivity index (χ0n) is 10.8. The number of nitrogens with one attached hydrogen (secondary N) is 1. The monoisotopic (exact) mass is 261 g/mol. The van der Waals surface area contributed by atoms with Crippen molar-refractivity contribution in [2.24, 2.45) is 0 Å². The van der Waals surface area contributed by atoms with Crippen LogP contribution in [0.5, 0.6) is 0 Å². The molecule has 0 aliphatic heterocycles. The van der Waals surface area contributed by atoms with Crippen molar-refractivity contribution < 1.29 is 9.32 Å². The Morgan fingerprint density at radius 3 is 2.95 bits per heavy atom. The van der Waals surface area contributed by atoms with Crippen molar-refractivity contribution in [2.75, 3.05) is 26.0 Å². The van der Waals surface area contributed by atoms with Gasteiger partial charge in [0.1, 0.15) is 5.69 Å². The number of nitrogens with zero attached hydrogens (tertiary/aromatic N) is 4. The number of aromatic nitrogens is 3. The molecule has 2 aromatic rings. The number of rotatable bonds is 5. The molecule has 1 amide bonds. The summed E-state index contributed by atoms with van der Waals surface area (Å²) in [6.07, 6.45) is 3.55. The van der Waals surface area contributed by atoms with Gasteiger partial charge in [-0.3, -0.25) is 9.78 Å². The van der Waals surface area contributed by atoms with Crippen LogP contribution in [-0.4, -0.2) is 46.6 Å². The lowest BCUT2D eigenvalue weighted by Crippen LogP contribution is -2.22. The predicted octanol–water partition coefficient (Wildman–Crippen LogP) is 0.821. The molecule has 0 saturated heterocycles. The van der Waals surface area contributed by atoms with E-state index in [9.17, 15) is 4.79 Å². The van der Waals surface area contributed by atoms with Crippen molar-refractivity contribution in [3.63, 3.8) is 0 Å². The lowest BCUT2D eigenvalue weighted by Gasteiger charge is -2.10. The van der Waals surface area contributed by atoms with Gasteiger partial charge in [-0.2, -0.15) is 4.98 Å². The molecule has 2 heterocycles. The number of pyridine rings is 1. The van der Waals surface area contributed by atoms with Gasteiger partial charge in [0, 0.05) is 38.9 Å². The van der Waals surface area contributed by atoms with Gasteiger partial charge >= 0.3 is 0 Å². The van der Waals surface area contributed by atoms with Gasteiger partial charge in [0.2, 0.25) is 6.39 Å². The summed E-state index contributed by atoms with van der Waals surface area (Å²) in [4.78, 5) is 21.2. The molecule has 0 fully saturated rings. The summed E-state index contributed by atoms with van der Waals surface area (Å²) in [7, 11) is 3.39. The smallest absolute Gasteiger partial charge is 0.272 e. The Morgan fingerprint density at radius 1 is 1.42 bits per heavy atom. The highest BCUT2D eigenvalue weighted by Crippen LogP contribution is 2.09.